The van der Waals surface area contributed by atoms with E-state index in [0.29, 0.717) is 11.8 Å². The van der Waals surface area contributed by atoms with Gasteiger partial charge in [-0.2, -0.15) is 0 Å². The molecule has 0 bridgehead atoms. The van der Waals surface area contributed by atoms with Gasteiger partial charge < -0.3 is 20.1 Å². The number of hydrogen-bond donors (Lipinski definition) is 2. The van der Waals surface area contributed by atoms with Gasteiger partial charge in [0.1, 0.15) is 5.75 Å². The lowest BCUT2D eigenvalue weighted by Gasteiger charge is -2.14. The van der Waals surface area contributed by atoms with Crippen LogP contribution in [0.15, 0.2) is 30.3 Å². The highest BCUT2D eigenvalue weighted by molar-refractivity contribution is 5.95. The highest BCUT2D eigenvalue weighted by Gasteiger charge is 2.20. The number of anilines is 1. The molecule has 0 aliphatic carbocycles. The van der Waals surface area contributed by atoms with Crippen LogP contribution in [0.2, 0.25) is 0 Å². The molecule has 7 nitrogen and oxygen atoms in total. The van der Waals surface area contributed by atoms with Crippen LogP contribution in [0.25, 0.3) is 0 Å². The molecule has 1 atom stereocenters. The van der Waals surface area contributed by atoms with E-state index in [9.17, 15) is 27.6 Å². The Kier molecular flexibility index (Phi) is 8.00. The smallest absolute Gasteiger partial charge is 0.344 e. The van der Waals surface area contributed by atoms with Gasteiger partial charge in [0.15, 0.2) is 30.2 Å². The van der Waals surface area contributed by atoms with E-state index < -0.39 is 60.2 Å². The maximum Gasteiger partial charge on any atom is 0.344 e. The Hall–Kier alpha value is -3.56. The molecule has 0 fully saturated rings. The molecule has 1 unspecified atom stereocenters. The van der Waals surface area contributed by atoms with Crippen molar-refractivity contribution in [3.63, 3.8) is 0 Å². The van der Waals surface area contributed by atoms with Crippen LogP contribution in [0.5, 0.6) is 5.75 Å². The number of benzene rings is 2. The lowest BCUT2D eigenvalue weighted by Crippen LogP contribution is -2.40. The van der Waals surface area contributed by atoms with Crippen molar-refractivity contribution in [2.45, 2.75) is 26.9 Å². The molecule has 2 rings (SSSR count). The summed E-state index contributed by atoms with van der Waals surface area (Å²) in [4.78, 5) is 35.7. The zero-order chi connectivity index (χ0) is 23.1. The van der Waals surface area contributed by atoms with Crippen molar-refractivity contribution < 1.29 is 37.0 Å². The molecule has 0 heterocycles. The number of carbonyl (C=O) groups excluding carboxylic acids is 3. The number of ether oxygens (including phenoxy) is 2. The van der Waals surface area contributed by atoms with Gasteiger partial charge in [0.05, 0.1) is 12.2 Å². The van der Waals surface area contributed by atoms with E-state index in [-0.39, 0.29) is 0 Å². The first-order valence-corrected chi connectivity index (χ1v) is 9.19. The Labute approximate surface area is 176 Å². The third kappa shape index (κ3) is 6.73. The molecule has 0 spiro atoms. The van der Waals surface area contributed by atoms with Gasteiger partial charge in [-0.3, -0.25) is 9.59 Å². The Morgan fingerprint density at radius 3 is 2.45 bits per heavy atom. The summed E-state index contributed by atoms with van der Waals surface area (Å²) < 4.78 is 49.9. The van der Waals surface area contributed by atoms with Gasteiger partial charge in [0.25, 0.3) is 5.91 Å². The molecule has 2 amide bonds. The minimum Gasteiger partial charge on any atom is -0.482 e. The second-order valence-corrected chi connectivity index (χ2v) is 6.68. The van der Waals surface area contributed by atoms with E-state index in [1.165, 1.54) is 6.92 Å². The van der Waals surface area contributed by atoms with Crippen molar-refractivity contribution >= 4 is 23.5 Å². The normalized spacial score (nSPS) is 11.4. The average molecular weight is 438 g/mol. The number of aryl methyl sites for hydroxylation is 2. The maximum atomic E-state index is 13.5. The van der Waals surface area contributed by atoms with Crippen LogP contribution in [-0.2, 0) is 19.1 Å². The largest absolute Gasteiger partial charge is 0.482 e. The first kappa shape index (κ1) is 23.7. The summed E-state index contributed by atoms with van der Waals surface area (Å²) in [5.74, 6) is -6.67. The van der Waals surface area contributed by atoms with Crippen molar-refractivity contribution in [3.8, 4) is 5.75 Å². The van der Waals surface area contributed by atoms with Gasteiger partial charge >= 0.3 is 5.97 Å². The van der Waals surface area contributed by atoms with Crippen molar-refractivity contribution in [2.75, 3.05) is 18.5 Å². The zero-order valence-corrected chi connectivity index (χ0v) is 17.1. The van der Waals surface area contributed by atoms with Gasteiger partial charge in [0.2, 0.25) is 5.91 Å². The Bertz CT molecular complexity index is 997. The molecule has 2 aromatic carbocycles. The van der Waals surface area contributed by atoms with Crippen LogP contribution in [-0.4, -0.2) is 37.0 Å². The molecule has 0 saturated carbocycles. The standard InChI is InChI=1S/C21H21F3N2O5/c1-11-4-5-12(2)16(8-11)30-10-18(28)31-13(3)21(29)25-9-17(27)26-15-7-6-14(22)19(23)20(15)24/h4-8,13H,9-10H2,1-3H3,(H,25,29)(H,26,27). The number of hydrogen-bond acceptors (Lipinski definition) is 5. The van der Waals surface area contributed by atoms with Crippen LogP contribution in [0.3, 0.4) is 0 Å². The fraction of sp³-hybridized carbons (Fsp3) is 0.286. The molecule has 0 radical (unpaired) electrons. The summed E-state index contributed by atoms with van der Waals surface area (Å²) in [5, 5.41) is 4.18. The monoisotopic (exact) mass is 438 g/mol. The van der Waals surface area contributed by atoms with Crippen molar-refractivity contribution in [2.24, 2.45) is 0 Å². The average Bonchev–Trinajstić information content (AvgIpc) is 2.73. The van der Waals surface area contributed by atoms with E-state index in [4.69, 9.17) is 9.47 Å². The molecular formula is C21H21F3N2O5. The lowest BCUT2D eigenvalue weighted by atomic mass is 10.1. The molecule has 0 aliphatic rings. The van der Waals surface area contributed by atoms with Crippen molar-refractivity contribution in [3.05, 3.63) is 58.9 Å². The van der Waals surface area contributed by atoms with Gasteiger partial charge in [-0.15, -0.1) is 0 Å². The first-order chi connectivity index (χ1) is 14.6. The summed E-state index contributed by atoms with van der Waals surface area (Å²) in [6.45, 7) is 3.94. The van der Waals surface area contributed by atoms with E-state index in [0.717, 1.165) is 17.2 Å². The number of carbonyl (C=O) groups is 3. The van der Waals surface area contributed by atoms with Crippen molar-refractivity contribution in [1.29, 1.82) is 0 Å². The zero-order valence-electron chi connectivity index (χ0n) is 17.1. The third-order valence-corrected chi connectivity index (χ3v) is 4.10. The van der Waals surface area contributed by atoms with Gasteiger partial charge in [-0.1, -0.05) is 12.1 Å². The molecule has 0 aromatic heterocycles. The van der Waals surface area contributed by atoms with Crippen LogP contribution < -0.4 is 15.4 Å². The van der Waals surface area contributed by atoms with Gasteiger partial charge in [0, 0.05) is 0 Å². The predicted molar refractivity (Wildman–Crippen MR) is 105 cm³/mol. The Morgan fingerprint density at radius 2 is 1.74 bits per heavy atom. The molecule has 166 valence electrons. The first-order valence-electron chi connectivity index (χ1n) is 9.19. The van der Waals surface area contributed by atoms with Crippen LogP contribution in [0, 0.1) is 31.3 Å². The van der Waals surface area contributed by atoms with Gasteiger partial charge in [-0.05, 0) is 50.1 Å². The summed E-state index contributed by atoms with van der Waals surface area (Å²) in [6.07, 6.45) is -1.23. The number of esters is 1. The molecule has 2 aromatic rings. The topological polar surface area (TPSA) is 93.7 Å². The second kappa shape index (κ2) is 10.5. The van der Waals surface area contributed by atoms with E-state index in [2.05, 4.69) is 5.32 Å². The SMILES string of the molecule is Cc1ccc(C)c(OCC(=O)OC(C)C(=O)NCC(=O)Nc2ccc(F)c(F)c2F)c1. The van der Waals surface area contributed by atoms with Crippen LogP contribution >= 0.6 is 0 Å². The Balaban J connectivity index is 1.78. The van der Waals surface area contributed by atoms with Crippen LogP contribution in [0.1, 0.15) is 18.1 Å². The van der Waals surface area contributed by atoms with E-state index >= 15 is 0 Å². The summed E-state index contributed by atoms with van der Waals surface area (Å²) in [6, 6.07) is 6.98. The third-order valence-electron chi connectivity index (χ3n) is 4.10. The number of rotatable bonds is 8. The number of amides is 2. The number of nitrogens with one attached hydrogen (secondary N) is 2. The molecule has 31 heavy (non-hydrogen) atoms. The van der Waals surface area contributed by atoms with E-state index in [1.54, 1.807) is 6.07 Å². The molecule has 0 saturated heterocycles. The fourth-order valence-electron chi connectivity index (χ4n) is 2.41. The quantitative estimate of drug-likeness (QED) is 0.488. The second-order valence-electron chi connectivity index (χ2n) is 6.68. The maximum absolute atomic E-state index is 13.5. The highest BCUT2D eigenvalue weighted by Crippen LogP contribution is 2.20. The number of halogens is 3. The molecule has 10 heteroatoms. The van der Waals surface area contributed by atoms with E-state index in [1.807, 2.05) is 31.3 Å². The summed E-state index contributed by atoms with van der Waals surface area (Å²) >= 11 is 0. The lowest BCUT2D eigenvalue weighted by molar-refractivity contribution is -0.156. The fourth-order valence-corrected chi connectivity index (χ4v) is 2.41. The highest BCUT2D eigenvalue weighted by atomic mass is 19.2. The Morgan fingerprint density at radius 1 is 1.03 bits per heavy atom. The minimum atomic E-state index is -1.73. The summed E-state index contributed by atoms with van der Waals surface area (Å²) in [5.41, 5.74) is 1.19. The molecule has 2 N–H and O–H groups in total. The summed E-state index contributed by atoms with van der Waals surface area (Å²) in [7, 11) is 0. The predicted octanol–water partition coefficient (Wildman–Crippen LogP) is 2.79. The van der Waals surface area contributed by atoms with Crippen molar-refractivity contribution in [1.82, 2.24) is 5.32 Å². The minimum absolute atomic E-state index is 0.419. The molecular weight excluding hydrogens is 417 g/mol. The molecule has 0 aliphatic heterocycles. The van der Waals surface area contributed by atoms with Gasteiger partial charge in [-0.25, -0.2) is 18.0 Å². The van der Waals surface area contributed by atoms with Crippen LogP contribution in [0.4, 0.5) is 18.9 Å².